The minimum atomic E-state index is -0.522. The lowest BCUT2D eigenvalue weighted by Crippen LogP contribution is -2.31. The van der Waals surface area contributed by atoms with Crippen molar-refractivity contribution in [1.29, 1.82) is 0 Å². The summed E-state index contributed by atoms with van der Waals surface area (Å²) >= 11 is 1.86. The van der Waals surface area contributed by atoms with E-state index in [1.807, 2.05) is 11.3 Å². The van der Waals surface area contributed by atoms with Crippen LogP contribution in [-0.4, -0.2) is 0 Å². The monoisotopic (exact) mass is 1940 g/mol. The predicted octanol–water partition coefficient (Wildman–Crippen LogP) is 40.0. The van der Waals surface area contributed by atoms with Crippen LogP contribution in [0.25, 0.3) is 141 Å². The van der Waals surface area contributed by atoms with Gasteiger partial charge in [0.1, 0.15) is 0 Å². The molecule has 150 heavy (non-hydrogen) atoms. The molecular formula is C144H107N5S. The van der Waals surface area contributed by atoms with E-state index < -0.39 is 5.41 Å². The summed E-state index contributed by atoms with van der Waals surface area (Å²) in [5.41, 5.74) is 39.9. The van der Waals surface area contributed by atoms with Gasteiger partial charge in [0.2, 0.25) is 0 Å². The van der Waals surface area contributed by atoms with Crippen molar-refractivity contribution in [3.05, 3.63) is 577 Å². The minimum Gasteiger partial charge on any atom is -0.355 e. The number of hydrogen-bond donors (Lipinski definition) is 3. The predicted molar refractivity (Wildman–Crippen MR) is 639 cm³/mol. The van der Waals surface area contributed by atoms with E-state index in [-0.39, 0.29) is 16.2 Å². The van der Waals surface area contributed by atoms with E-state index >= 15 is 0 Å². The van der Waals surface area contributed by atoms with Gasteiger partial charge in [0.25, 0.3) is 0 Å². The molecule has 12 bridgehead atoms. The van der Waals surface area contributed by atoms with Gasteiger partial charge in [-0.25, -0.2) is 0 Å². The third kappa shape index (κ3) is 15.5. The van der Waals surface area contributed by atoms with E-state index in [2.05, 4.69) is 589 Å². The number of nitrogens with zero attached hydrogens (tertiary/aromatic N) is 2. The summed E-state index contributed by atoms with van der Waals surface area (Å²) in [5, 5.41) is 26.6. The van der Waals surface area contributed by atoms with Crippen molar-refractivity contribution >= 4 is 154 Å². The molecule has 24 aromatic carbocycles. The fourth-order valence-electron chi connectivity index (χ4n) is 24.6. The first-order valence-corrected chi connectivity index (χ1v) is 53.0. The SMILES string of the molecule is CC1(C)c2ccc3cccc(c3c2)-c2cc3ccccc3cc2Nc2ccc(N(c3ccccc3)c3ccc4sc5ccccc5c4c3)c1c2.CC1(C)c2cccc(c2)Nc2ccccc2-c2ccc(-c3cccc(N(c4ccccc4)c4ccc5c(c4)-c4ccccc4C5(C)C)c3)c3ccc1cc23.c1ccc(C2(c3ccccc3)c3cccc(c3)Nc3ccc(-c4cccc5ccccc45)cc3-c3cccc4ccc2cc34)cc1. The van der Waals surface area contributed by atoms with Crippen molar-refractivity contribution in [2.45, 2.75) is 63.2 Å². The maximum Gasteiger partial charge on any atom is 0.0702 e. The van der Waals surface area contributed by atoms with Gasteiger partial charge in [0, 0.05) is 116 Å². The van der Waals surface area contributed by atoms with Crippen LogP contribution in [0.4, 0.5) is 68.2 Å². The Morgan fingerprint density at radius 1 is 0.180 bits per heavy atom. The molecule has 25 aromatic rings. The van der Waals surface area contributed by atoms with E-state index in [1.165, 1.54) is 196 Å². The van der Waals surface area contributed by atoms with Gasteiger partial charge in [-0.1, -0.05) is 399 Å². The number of nitrogens with one attached hydrogen (secondary N) is 3. The third-order valence-corrected chi connectivity index (χ3v) is 33.5. The Hall–Kier alpha value is -18.2. The maximum atomic E-state index is 3.91. The molecule has 0 amide bonds. The Labute approximate surface area is 880 Å². The number of benzene rings is 24. The normalized spacial score (nSPS) is 13.6. The van der Waals surface area contributed by atoms with Gasteiger partial charge in [-0.05, 0) is 323 Å². The van der Waals surface area contributed by atoms with Crippen LogP contribution in [0.3, 0.4) is 0 Å². The van der Waals surface area contributed by atoms with Crippen LogP contribution in [0.1, 0.15) is 97.2 Å². The zero-order valence-corrected chi connectivity index (χ0v) is 85.3. The van der Waals surface area contributed by atoms with E-state index in [0.29, 0.717) is 0 Å². The molecule has 0 saturated heterocycles. The molecule has 4 heterocycles. The van der Waals surface area contributed by atoms with Crippen molar-refractivity contribution in [3.8, 4) is 66.8 Å². The third-order valence-electron chi connectivity index (χ3n) is 32.4. The van der Waals surface area contributed by atoms with E-state index in [1.54, 1.807) is 0 Å². The molecular weight excluding hydrogens is 1830 g/mol. The second-order valence-corrected chi connectivity index (χ2v) is 43.1. The summed E-state index contributed by atoms with van der Waals surface area (Å²) in [5.74, 6) is 0. The van der Waals surface area contributed by atoms with Gasteiger partial charge in [-0.15, -0.1) is 11.3 Å². The van der Waals surface area contributed by atoms with Crippen LogP contribution in [0.2, 0.25) is 0 Å². The first-order chi connectivity index (χ1) is 73.6. The number of fused-ring (bicyclic) bond motifs is 23. The lowest BCUT2D eigenvalue weighted by Gasteiger charge is -2.37. The van der Waals surface area contributed by atoms with Crippen molar-refractivity contribution in [1.82, 2.24) is 0 Å². The van der Waals surface area contributed by atoms with Gasteiger partial charge >= 0.3 is 0 Å². The number of hydrogen-bond acceptors (Lipinski definition) is 6. The van der Waals surface area contributed by atoms with Crippen LogP contribution in [0.15, 0.2) is 522 Å². The zero-order chi connectivity index (χ0) is 101. The minimum absolute atomic E-state index is 0.0394. The molecule has 0 spiro atoms. The molecule has 3 N–H and O–H groups in total. The van der Waals surface area contributed by atoms with Crippen molar-refractivity contribution in [2.24, 2.45) is 0 Å². The van der Waals surface area contributed by atoms with E-state index in [0.717, 1.165) is 68.2 Å². The van der Waals surface area contributed by atoms with Crippen LogP contribution in [0, 0.1) is 0 Å². The average molecular weight is 1940 g/mol. The van der Waals surface area contributed by atoms with E-state index in [9.17, 15) is 0 Å². The summed E-state index contributed by atoms with van der Waals surface area (Å²) in [6, 6.07) is 192. The Bertz CT molecular complexity index is 9630. The van der Waals surface area contributed by atoms with Crippen LogP contribution < -0.4 is 25.8 Å². The van der Waals surface area contributed by atoms with Gasteiger partial charge in [0.05, 0.1) is 11.1 Å². The Balaban J connectivity index is 0.000000111. The average Bonchev–Trinajstić information content (AvgIpc) is 1.12. The highest BCUT2D eigenvalue weighted by molar-refractivity contribution is 7.25. The Morgan fingerprint density at radius 2 is 0.633 bits per heavy atom. The summed E-state index contributed by atoms with van der Waals surface area (Å²) in [6.07, 6.45) is 0. The van der Waals surface area contributed by atoms with E-state index in [4.69, 9.17) is 0 Å². The topological polar surface area (TPSA) is 42.6 Å². The molecule has 4 aliphatic rings. The molecule has 0 unspecified atom stereocenters. The number of thiophene rings is 1. The highest BCUT2D eigenvalue weighted by Gasteiger charge is 2.41. The Kier molecular flexibility index (Phi) is 22.0. The molecule has 3 aliphatic heterocycles. The number of rotatable bonds is 10. The fourth-order valence-corrected chi connectivity index (χ4v) is 25.7. The summed E-state index contributed by atoms with van der Waals surface area (Å²) < 4.78 is 2.62. The number of anilines is 12. The molecule has 5 nitrogen and oxygen atoms in total. The van der Waals surface area contributed by atoms with Crippen LogP contribution >= 0.6 is 11.3 Å². The largest absolute Gasteiger partial charge is 0.355 e. The lowest BCUT2D eigenvalue weighted by atomic mass is 9.65. The first kappa shape index (κ1) is 90.6. The van der Waals surface area contributed by atoms with Crippen molar-refractivity contribution < 1.29 is 0 Å². The quantitative estimate of drug-likeness (QED) is 0.127. The molecule has 6 heteroatoms. The molecule has 0 radical (unpaired) electrons. The van der Waals surface area contributed by atoms with Gasteiger partial charge in [-0.2, -0.15) is 0 Å². The summed E-state index contributed by atoms with van der Waals surface area (Å²) in [6.45, 7) is 14.1. The molecule has 1 aliphatic carbocycles. The summed E-state index contributed by atoms with van der Waals surface area (Å²) in [7, 11) is 0. The maximum absolute atomic E-state index is 3.91. The molecule has 0 atom stereocenters. The Morgan fingerprint density at radius 3 is 1.37 bits per heavy atom. The second kappa shape index (κ2) is 36.5. The van der Waals surface area contributed by atoms with Gasteiger partial charge < -0.3 is 25.8 Å². The summed E-state index contributed by atoms with van der Waals surface area (Å²) in [4.78, 5) is 4.85. The van der Waals surface area contributed by atoms with Crippen molar-refractivity contribution in [2.75, 3.05) is 25.8 Å². The van der Waals surface area contributed by atoms with Gasteiger partial charge in [0.15, 0.2) is 0 Å². The molecule has 0 saturated carbocycles. The highest BCUT2D eigenvalue weighted by atomic mass is 32.1. The standard InChI is InChI=1S/C52H42N2.C47H34N2S.C45H31N/c1-51(2)35-15-13-16-37(31-35)53-50-23-11-9-21-45(50)43-28-27-41(42-26-24-36(51)32-46(42)43)34-14-12-19-39(30-34)54(38-17-6-5-7-18-38)40-25-29-49-47(33-40)44-20-8-10-22-48(44)52(49,3)4;1-47(2)33-20-19-30-13-10-17-37(39(30)27-33)40-25-31-11-6-7-12-32(31)26-43(40)48-34-21-23-44(42(47)28-34)49(35-14-4-3-5-15-35)36-22-24-46-41(29-36)38-16-8-9-18-45(38)50-46;1-3-15-34(16-4-1)45(35-17-5-2-6-18-35)36-19-11-20-38(29-36)46-44-27-25-33(40-22-9-13-31-12-7-8-21-39(31)40)28-43(44)41-23-10-14-32-24-26-37(45)30-42(32)41/h5-33,53H,1-4H3;3-29,48H,1-2H3;1-30,46H. The highest BCUT2D eigenvalue weighted by Crippen LogP contribution is 2.57. The molecule has 0 fully saturated rings. The lowest BCUT2D eigenvalue weighted by molar-refractivity contribution is 0.642. The fraction of sp³-hybridized carbons (Fsp3) is 0.0694. The van der Waals surface area contributed by atoms with Crippen LogP contribution in [-0.2, 0) is 21.7 Å². The van der Waals surface area contributed by atoms with Crippen molar-refractivity contribution in [3.63, 3.8) is 0 Å². The smallest absolute Gasteiger partial charge is 0.0702 e. The molecule has 714 valence electrons. The molecule has 1 aromatic heterocycles. The van der Waals surface area contributed by atoms with Crippen LogP contribution in [0.5, 0.6) is 0 Å². The number of para-hydroxylation sites is 3. The molecule has 29 rings (SSSR count). The van der Waals surface area contributed by atoms with Gasteiger partial charge in [-0.3, -0.25) is 0 Å². The first-order valence-electron chi connectivity index (χ1n) is 52.2. The zero-order valence-electron chi connectivity index (χ0n) is 84.5. The second-order valence-electron chi connectivity index (χ2n) is 42.1.